The standard InChI is InChI=1S/C21H29N5O/c1-20(2,14-8-9-14)25-18-22-17(13-6-5-7-16(27)12-13)23-19(24-18)26-21(3,4)15-10-11-15/h5-7,12,14-15,27H,8-11H2,1-4H3,(H2,22,23,24,25,26). The predicted octanol–water partition coefficient (Wildman–Crippen LogP) is 4.45. The average molecular weight is 367 g/mol. The third-order valence-corrected chi connectivity index (χ3v) is 5.80. The van der Waals surface area contributed by atoms with Gasteiger partial charge in [0.25, 0.3) is 0 Å². The minimum absolute atomic E-state index is 0.0548. The van der Waals surface area contributed by atoms with Gasteiger partial charge in [0.15, 0.2) is 5.82 Å². The van der Waals surface area contributed by atoms with Crippen molar-refractivity contribution in [1.82, 2.24) is 15.0 Å². The molecule has 1 aromatic heterocycles. The summed E-state index contributed by atoms with van der Waals surface area (Å²) < 4.78 is 0. The summed E-state index contributed by atoms with van der Waals surface area (Å²) in [4.78, 5) is 14.0. The van der Waals surface area contributed by atoms with Crippen LogP contribution in [0.3, 0.4) is 0 Å². The van der Waals surface area contributed by atoms with Gasteiger partial charge < -0.3 is 15.7 Å². The molecule has 2 saturated carbocycles. The lowest BCUT2D eigenvalue weighted by Gasteiger charge is -2.28. The van der Waals surface area contributed by atoms with Gasteiger partial charge in [0.2, 0.25) is 11.9 Å². The maximum atomic E-state index is 9.85. The molecule has 1 heterocycles. The third kappa shape index (κ3) is 4.15. The Morgan fingerprint density at radius 1 is 0.852 bits per heavy atom. The number of phenolic OH excluding ortho intramolecular Hbond substituents is 1. The Labute approximate surface area is 160 Å². The minimum Gasteiger partial charge on any atom is -0.508 e. The van der Waals surface area contributed by atoms with Crippen molar-refractivity contribution in [2.45, 2.75) is 64.5 Å². The van der Waals surface area contributed by atoms with Crippen LogP contribution < -0.4 is 10.6 Å². The predicted molar refractivity (Wildman–Crippen MR) is 108 cm³/mol. The summed E-state index contributed by atoms with van der Waals surface area (Å²) in [6.07, 6.45) is 4.96. The molecule has 6 nitrogen and oxygen atoms in total. The zero-order valence-electron chi connectivity index (χ0n) is 16.6. The van der Waals surface area contributed by atoms with Gasteiger partial charge in [-0.05, 0) is 77.3 Å². The number of aromatic hydroxyl groups is 1. The normalized spacial score (nSPS) is 17.6. The summed E-state index contributed by atoms with van der Waals surface area (Å²) in [7, 11) is 0. The van der Waals surface area contributed by atoms with Gasteiger partial charge in [-0.1, -0.05) is 12.1 Å². The van der Waals surface area contributed by atoms with Gasteiger partial charge in [-0.25, -0.2) is 0 Å². The monoisotopic (exact) mass is 367 g/mol. The number of anilines is 2. The number of hydrogen-bond acceptors (Lipinski definition) is 6. The molecule has 3 N–H and O–H groups in total. The van der Waals surface area contributed by atoms with Gasteiger partial charge in [0.1, 0.15) is 5.75 Å². The quantitative estimate of drug-likeness (QED) is 0.671. The molecule has 0 radical (unpaired) electrons. The van der Waals surface area contributed by atoms with Gasteiger partial charge in [-0.2, -0.15) is 15.0 Å². The summed E-state index contributed by atoms with van der Waals surface area (Å²) in [5.74, 6) is 3.22. The first-order valence-corrected chi connectivity index (χ1v) is 9.85. The Hall–Kier alpha value is -2.37. The van der Waals surface area contributed by atoms with Gasteiger partial charge in [-0.3, -0.25) is 0 Å². The van der Waals surface area contributed by atoms with Crippen molar-refractivity contribution in [2.75, 3.05) is 10.6 Å². The molecule has 0 aliphatic heterocycles. The highest BCUT2D eigenvalue weighted by Gasteiger charge is 2.39. The fourth-order valence-electron chi connectivity index (χ4n) is 3.65. The highest BCUT2D eigenvalue weighted by molar-refractivity contribution is 5.60. The molecule has 0 unspecified atom stereocenters. The maximum Gasteiger partial charge on any atom is 0.228 e. The molecule has 0 saturated heterocycles. The Kier molecular flexibility index (Phi) is 4.24. The van der Waals surface area contributed by atoms with E-state index in [1.807, 2.05) is 6.07 Å². The number of phenols is 1. The van der Waals surface area contributed by atoms with Crippen LogP contribution in [0, 0.1) is 11.8 Å². The molecule has 2 fully saturated rings. The molecular weight excluding hydrogens is 338 g/mol. The van der Waals surface area contributed by atoms with Gasteiger partial charge in [0, 0.05) is 16.6 Å². The SMILES string of the molecule is CC(C)(Nc1nc(NC(C)(C)C2CC2)nc(-c2cccc(O)c2)n1)C1CC1. The molecule has 2 aliphatic carbocycles. The number of benzene rings is 1. The topological polar surface area (TPSA) is 83.0 Å². The number of rotatable bonds is 7. The summed E-state index contributed by atoms with van der Waals surface area (Å²) in [6, 6.07) is 7.04. The van der Waals surface area contributed by atoms with Crippen LogP contribution in [0.25, 0.3) is 11.4 Å². The number of hydrogen-bond donors (Lipinski definition) is 3. The van der Waals surface area contributed by atoms with Gasteiger partial charge >= 0.3 is 0 Å². The summed E-state index contributed by atoms with van der Waals surface area (Å²) in [5, 5.41) is 16.9. The second kappa shape index (κ2) is 6.36. The first-order valence-electron chi connectivity index (χ1n) is 9.85. The molecular formula is C21H29N5O. The molecule has 1 aromatic carbocycles. The summed E-state index contributed by atoms with van der Waals surface area (Å²) in [6.45, 7) is 8.79. The molecule has 0 atom stereocenters. The van der Waals surface area contributed by atoms with E-state index in [1.165, 1.54) is 25.7 Å². The van der Waals surface area contributed by atoms with Crippen molar-refractivity contribution in [3.8, 4) is 17.1 Å². The van der Waals surface area contributed by atoms with Crippen molar-refractivity contribution in [2.24, 2.45) is 11.8 Å². The van der Waals surface area contributed by atoms with E-state index in [4.69, 9.17) is 0 Å². The zero-order chi connectivity index (χ0) is 19.2. The molecule has 2 aromatic rings. The lowest BCUT2D eigenvalue weighted by molar-refractivity contribution is 0.475. The van der Waals surface area contributed by atoms with Crippen molar-refractivity contribution in [3.63, 3.8) is 0 Å². The van der Waals surface area contributed by atoms with E-state index in [-0.39, 0.29) is 16.8 Å². The fourth-order valence-corrected chi connectivity index (χ4v) is 3.65. The van der Waals surface area contributed by atoms with Gasteiger partial charge in [-0.15, -0.1) is 0 Å². The van der Waals surface area contributed by atoms with Crippen LogP contribution in [-0.2, 0) is 0 Å². The Morgan fingerprint density at radius 3 is 1.81 bits per heavy atom. The Bertz CT molecular complexity index is 796. The average Bonchev–Trinajstić information content (AvgIpc) is 3.47. The second-order valence-electron chi connectivity index (χ2n) is 9.10. The lowest BCUT2D eigenvalue weighted by Crippen LogP contribution is -2.36. The Balaban J connectivity index is 1.69. The molecule has 6 heteroatoms. The van der Waals surface area contributed by atoms with E-state index < -0.39 is 0 Å². The molecule has 2 aliphatic rings. The first kappa shape index (κ1) is 18.0. The molecule has 4 rings (SSSR count). The minimum atomic E-state index is -0.0548. The van der Waals surface area contributed by atoms with Crippen molar-refractivity contribution in [3.05, 3.63) is 24.3 Å². The van der Waals surface area contributed by atoms with E-state index >= 15 is 0 Å². The number of aromatic nitrogens is 3. The lowest BCUT2D eigenvalue weighted by atomic mass is 9.99. The highest BCUT2D eigenvalue weighted by atomic mass is 16.3. The molecule has 144 valence electrons. The molecule has 0 amide bonds. The summed E-state index contributed by atoms with van der Waals surface area (Å²) in [5.41, 5.74) is 0.665. The van der Waals surface area contributed by atoms with Crippen LogP contribution in [0.1, 0.15) is 53.4 Å². The van der Waals surface area contributed by atoms with E-state index in [0.29, 0.717) is 29.6 Å². The number of nitrogens with one attached hydrogen (secondary N) is 2. The summed E-state index contributed by atoms with van der Waals surface area (Å²) >= 11 is 0. The van der Waals surface area contributed by atoms with Crippen molar-refractivity contribution >= 4 is 11.9 Å². The zero-order valence-corrected chi connectivity index (χ0v) is 16.6. The largest absolute Gasteiger partial charge is 0.508 e. The smallest absolute Gasteiger partial charge is 0.228 e. The van der Waals surface area contributed by atoms with Crippen LogP contribution in [-0.4, -0.2) is 31.1 Å². The van der Waals surface area contributed by atoms with Crippen LogP contribution in [0.15, 0.2) is 24.3 Å². The number of nitrogens with zero attached hydrogens (tertiary/aromatic N) is 3. The van der Waals surface area contributed by atoms with Crippen LogP contribution in [0.2, 0.25) is 0 Å². The van der Waals surface area contributed by atoms with E-state index in [1.54, 1.807) is 18.2 Å². The maximum absolute atomic E-state index is 9.85. The Morgan fingerprint density at radius 2 is 1.37 bits per heavy atom. The van der Waals surface area contributed by atoms with Crippen molar-refractivity contribution in [1.29, 1.82) is 0 Å². The van der Waals surface area contributed by atoms with E-state index in [9.17, 15) is 5.11 Å². The molecule has 0 spiro atoms. The van der Waals surface area contributed by atoms with E-state index in [0.717, 1.165) is 5.56 Å². The van der Waals surface area contributed by atoms with Crippen LogP contribution in [0.4, 0.5) is 11.9 Å². The van der Waals surface area contributed by atoms with Gasteiger partial charge in [0.05, 0.1) is 0 Å². The van der Waals surface area contributed by atoms with Crippen molar-refractivity contribution < 1.29 is 5.11 Å². The van der Waals surface area contributed by atoms with Crippen LogP contribution in [0.5, 0.6) is 5.75 Å². The first-order chi connectivity index (χ1) is 12.7. The van der Waals surface area contributed by atoms with E-state index in [2.05, 4.69) is 53.3 Å². The molecule has 27 heavy (non-hydrogen) atoms. The highest BCUT2D eigenvalue weighted by Crippen LogP contribution is 2.42. The third-order valence-electron chi connectivity index (χ3n) is 5.80. The fraction of sp³-hybridized carbons (Fsp3) is 0.571. The molecule has 0 bridgehead atoms. The van der Waals surface area contributed by atoms with Crippen LogP contribution >= 0.6 is 0 Å². The second-order valence-corrected chi connectivity index (χ2v) is 9.10.